The highest BCUT2D eigenvalue weighted by atomic mass is 16.4. The zero-order chi connectivity index (χ0) is 6.97. The standard InChI is InChI=1S/C6H8N2O2/c9-3-5-7-8-6(10-5)4-1-2-4/h4,9H,1-3H2. The van der Waals surface area contributed by atoms with Crippen molar-refractivity contribution in [1.29, 1.82) is 0 Å². The van der Waals surface area contributed by atoms with Gasteiger partial charge in [-0.1, -0.05) is 0 Å². The summed E-state index contributed by atoms with van der Waals surface area (Å²) < 4.78 is 5.08. The molecule has 0 atom stereocenters. The van der Waals surface area contributed by atoms with Crippen LogP contribution in [0.5, 0.6) is 0 Å². The van der Waals surface area contributed by atoms with Gasteiger partial charge < -0.3 is 9.52 Å². The number of hydrogen-bond donors (Lipinski definition) is 1. The summed E-state index contributed by atoms with van der Waals surface area (Å²) in [6.07, 6.45) is 2.29. The van der Waals surface area contributed by atoms with Crippen LogP contribution in [0.25, 0.3) is 0 Å². The van der Waals surface area contributed by atoms with Crippen molar-refractivity contribution >= 4 is 0 Å². The minimum Gasteiger partial charge on any atom is -0.422 e. The Morgan fingerprint density at radius 1 is 1.50 bits per heavy atom. The van der Waals surface area contributed by atoms with E-state index in [1.165, 1.54) is 0 Å². The highest BCUT2D eigenvalue weighted by molar-refractivity contribution is 4.99. The smallest absolute Gasteiger partial charge is 0.241 e. The van der Waals surface area contributed by atoms with Crippen LogP contribution < -0.4 is 0 Å². The van der Waals surface area contributed by atoms with E-state index in [1.807, 2.05) is 0 Å². The maximum absolute atomic E-state index is 8.56. The molecule has 0 radical (unpaired) electrons. The Kier molecular flexibility index (Phi) is 1.20. The van der Waals surface area contributed by atoms with Crippen LogP contribution >= 0.6 is 0 Å². The molecule has 54 valence electrons. The molecule has 0 bridgehead atoms. The van der Waals surface area contributed by atoms with E-state index in [-0.39, 0.29) is 6.61 Å². The van der Waals surface area contributed by atoms with Crippen LogP contribution in [-0.2, 0) is 6.61 Å². The third kappa shape index (κ3) is 0.903. The van der Waals surface area contributed by atoms with Gasteiger partial charge in [-0.3, -0.25) is 0 Å². The molecule has 0 spiro atoms. The van der Waals surface area contributed by atoms with Crippen LogP contribution in [0, 0.1) is 0 Å². The van der Waals surface area contributed by atoms with Crippen LogP contribution in [0.15, 0.2) is 4.42 Å². The molecule has 1 saturated carbocycles. The first-order valence-electron chi connectivity index (χ1n) is 3.33. The second kappa shape index (κ2) is 2.05. The summed E-state index contributed by atoms with van der Waals surface area (Å²) in [4.78, 5) is 0. The Hall–Kier alpha value is -0.900. The van der Waals surface area contributed by atoms with Crippen molar-refractivity contribution < 1.29 is 9.52 Å². The van der Waals surface area contributed by atoms with E-state index < -0.39 is 0 Å². The summed E-state index contributed by atoms with van der Waals surface area (Å²) in [5, 5.41) is 16.0. The first-order chi connectivity index (χ1) is 4.90. The van der Waals surface area contributed by atoms with Crippen molar-refractivity contribution in [2.45, 2.75) is 25.4 Å². The Labute approximate surface area is 57.9 Å². The highest BCUT2D eigenvalue weighted by Gasteiger charge is 2.29. The van der Waals surface area contributed by atoms with E-state index >= 15 is 0 Å². The van der Waals surface area contributed by atoms with Crippen LogP contribution in [0.1, 0.15) is 30.5 Å². The molecule has 1 N–H and O–H groups in total. The molecule has 2 rings (SSSR count). The lowest BCUT2D eigenvalue weighted by Crippen LogP contribution is -1.79. The van der Waals surface area contributed by atoms with Crippen molar-refractivity contribution in [2.24, 2.45) is 0 Å². The van der Waals surface area contributed by atoms with Gasteiger partial charge in [0.2, 0.25) is 11.8 Å². The second-order valence-corrected chi connectivity index (χ2v) is 2.47. The average molecular weight is 140 g/mol. The molecule has 1 fully saturated rings. The molecule has 1 heterocycles. The molecule has 4 nitrogen and oxygen atoms in total. The summed E-state index contributed by atoms with van der Waals surface area (Å²) >= 11 is 0. The minimum absolute atomic E-state index is 0.153. The predicted molar refractivity (Wildman–Crippen MR) is 32.2 cm³/mol. The minimum atomic E-state index is -0.153. The summed E-state index contributed by atoms with van der Waals surface area (Å²) in [6, 6.07) is 0. The van der Waals surface area contributed by atoms with Crippen LogP contribution in [0.3, 0.4) is 0 Å². The molecule has 0 aromatic carbocycles. The van der Waals surface area contributed by atoms with Gasteiger partial charge in [0.15, 0.2) is 0 Å². The van der Waals surface area contributed by atoms with E-state index in [2.05, 4.69) is 10.2 Å². The molecular formula is C6H8N2O2. The van der Waals surface area contributed by atoms with E-state index in [0.717, 1.165) is 12.8 Å². The summed E-state index contributed by atoms with van der Waals surface area (Å²) in [6.45, 7) is -0.153. The fourth-order valence-corrected chi connectivity index (χ4v) is 0.826. The van der Waals surface area contributed by atoms with Gasteiger partial charge in [-0.25, -0.2) is 0 Å². The molecule has 10 heavy (non-hydrogen) atoms. The number of hydrogen-bond acceptors (Lipinski definition) is 4. The summed E-state index contributed by atoms with van der Waals surface area (Å²) in [7, 11) is 0. The molecule has 0 saturated heterocycles. The summed E-state index contributed by atoms with van der Waals surface area (Å²) in [5.41, 5.74) is 0. The van der Waals surface area contributed by atoms with Gasteiger partial charge in [0, 0.05) is 5.92 Å². The van der Waals surface area contributed by atoms with Gasteiger partial charge >= 0.3 is 0 Å². The van der Waals surface area contributed by atoms with E-state index in [0.29, 0.717) is 17.7 Å². The third-order valence-electron chi connectivity index (χ3n) is 1.54. The van der Waals surface area contributed by atoms with Crippen molar-refractivity contribution in [1.82, 2.24) is 10.2 Å². The normalized spacial score (nSPS) is 17.7. The Balaban J connectivity index is 2.19. The topological polar surface area (TPSA) is 59.2 Å². The molecule has 4 heteroatoms. The largest absolute Gasteiger partial charge is 0.422 e. The summed E-state index contributed by atoms with van der Waals surface area (Å²) in [5.74, 6) is 1.48. The quantitative estimate of drug-likeness (QED) is 0.647. The van der Waals surface area contributed by atoms with Gasteiger partial charge in [-0.15, -0.1) is 10.2 Å². The SMILES string of the molecule is OCc1nnc(C2CC2)o1. The molecular weight excluding hydrogens is 132 g/mol. The Bertz CT molecular complexity index is 229. The number of aliphatic hydroxyl groups is 1. The third-order valence-corrected chi connectivity index (χ3v) is 1.54. The molecule has 0 unspecified atom stereocenters. The zero-order valence-electron chi connectivity index (χ0n) is 5.45. The van der Waals surface area contributed by atoms with Crippen molar-refractivity contribution in [3.05, 3.63) is 11.8 Å². The van der Waals surface area contributed by atoms with Crippen molar-refractivity contribution in [2.75, 3.05) is 0 Å². The van der Waals surface area contributed by atoms with Gasteiger partial charge in [0.05, 0.1) is 0 Å². The fraction of sp³-hybridized carbons (Fsp3) is 0.667. The molecule has 1 aliphatic carbocycles. The Morgan fingerprint density at radius 2 is 2.30 bits per heavy atom. The average Bonchev–Trinajstić information content (AvgIpc) is 2.70. The van der Waals surface area contributed by atoms with Gasteiger partial charge in [0.1, 0.15) is 6.61 Å². The monoisotopic (exact) mass is 140 g/mol. The maximum atomic E-state index is 8.56. The molecule has 1 aliphatic rings. The van der Waals surface area contributed by atoms with Crippen LogP contribution in [-0.4, -0.2) is 15.3 Å². The first kappa shape index (κ1) is 5.85. The lowest BCUT2D eigenvalue weighted by Gasteiger charge is -1.82. The number of nitrogens with zero attached hydrogens (tertiary/aromatic N) is 2. The fourth-order valence-electron chi connectivity index (χ4n) is 0.826. The maximum Gasteiger partial charge on any atom is 0.241 e. The van der Waals surface area contributed by atoms with Gasteiger partial charge in [0.25, 0.3) is 0 Å². The number of aromatic nitrogens is 2. The van der Waals surface area contributed by atoms with E-state index in [4.69, 9.17) is 9.52 Å². The molecule has 0 aliphatic heterocycles. The van der Waals surface area contributed by atoms with Crippen molar-refractivity contribution in [3.8, 4) is 0 Å². The van der Waals surface area contributed by atoms with Crippen molar-refractivity contribution in [3.63, 3.8) is 0 Å². The van der Waals surface area contributed by atoms with E-state index in [1.54, 1.807) is 0 Å². The lowest BCUT2D eigenvalue weighted by atomic mass is 10.4. The Morgan fingerprint density at radius 3 is 2.80 bits per heavy atom. The molecule has 0 amide bonds. The van der Waals surface area contributed by atoms with Crippen LogP contribution in [0.4, 0.5) is 0 Å². The zero-order valence-corrected chi connectivity index (χ0v) is 5.45. The van der Waals surface area contributed by atoms with Gasteiger partial charge in [-0.05, 0) is 12.8 Å². The molecule has 1 aromatic heterocycles. The number of rotatable bonds is 2. The first-order valence-corrected chi connectivity index (χ1v) is 3.33. The highest BCUT2D eigenvalue weighted by Crippen LogP contribution is 2.38. The van der Waals surface area contributed by atoms with Gasteiger partial charge in [-0.2, -0.15) is 0 Å². The lowest BCUT2D eigenvalue weighted by molar-refractivity contribution is 0.236. The van der Waals surface area contributed by atoms with Crippen LogP contribution in [0.2, 0.25) is 0 Å². The number of aliphatic hydroxyl groups excluding tert-OH is 1. The molecule has 1 aromatic rings. The van der Waals surface area contributed by atoms with E-state index in [9.17, 15) is 0 Å². The second-order valence-electron chi connectivity index (χ2n) is 2.47. The predicted octanol–water partition coefficient (Wildman–Crippen LogP) is 0.439.